The van der Waals surface area contributed by atoms with Crippen molar-refractivity contribution in [2.24, 2.45) is 5.41 Å². The molecular formula is C21H31NO2. The Kier molecular flexibility index (Phi) is 4.41. The van der Waals surface area contributed by atoms with Crippen molar-refractivity contribution in [1.82, 2.24) is 5.32 Å². The number of hydrogen-bond acceptors (Lipinski definition) is 3. The van der Waals surface area contributed by atoms with Crippen molar-refractivity contribution in [3.05, 3.63) is 30.0 Å². The predicted octanol–water partition coefficient (Wildman–Crippen LogP) is 5.28. The highest BCUT2D eigenvalue weighted by Crippen LogP contribution is 2.33. The van der Waals surface area contributed by atoms with Crippen molar-refractivity contribution < 1.29 is 9.15 Å². The smallest absolute Gasteiger partial charge is 0.134 e. The summed E-state index contributed by atoms with van der Waals surface area (Å²) in [6.45, 7) is 14.3. The molecule has 0 bridgehead atoms. The first kappa shape index (κ1) is 17.3. The molecule has 0 aliphatic heterocycles. The molecule has 24 heavy (non-hydrogen) atoms. The van der Waals surface area contributed by atoms with Crippen molar-refractivity contribution in [2.75, 3.05) is 6.54 Å². The Labute approximate surface area is 145 Å². The van der Waals surface area contributed by atoms with Crippen LogP contribution in [-0.2, 0) is 5.41 Å². The second-order valence-corrected chi connectivity index (χ2v) is 9.41. The van der Waals surface area contributed by atoms with Crippen LogP contribution in [0.1, 0.15) is 60.1 Å². The fraction of sp³-hybridized carbons (Fsp3) is 0.619. The first-order valence-corrected chi connectivity index (χ1v) is 9.04. The third-order valence-electron chi connectivity index (χ3n) is 4.55. The van der Waals surface area contributed by atoms with Gasteiger partial charge < -0.3 is 14.5 Å². The van der Waals surface area contributed by atoms with Gasteiger partial charge in [0.05, 0.1) is 0 Å². The van der Waals surface area contributed by atoms with E-state index in [2.05, 4.69) is 59.0 Å². The lowest BCUT2D eigenvalue weighted by Crippen LogP contribution is -2.48. The summed E-state index contributed by atoms with van der Waals surface area (Å²) in [5, 5.41) is 4.75. The molecule has 0 radical (unpaired) electrons. The predicted molar refractivity (Wildman–Crippen MR) is 99.8 cm³/mol. The second-order valence-electron chi connectivity index (χ2n) is 9.41. The second kappa shape index (κ2) is 6.11. The van der Waals surface area contributed by atoms with Crippen LogP contribution in [0.15, 0.2) is 28.7 Å². The molecule has 1 aromatic carbocycles. The zero-order valence-electron chi connectivity index (χ0n) is 15.9. The van der Waals surface area contributed by atoms with Gasteiger partial charge in [-0.25, -0.2) is 0 Å². The number of nitrogens with one attached hydrogen (secondary N) is 1. The van der Waals surface area contributed by atoms with Crippen LogP contribution in [0.2, 0.25) is 0 Å². The molecule has 1 aliphatic carbocycles. The number of hydrogen-bond donors (Lipinski definition) is 1. The van der Waals surface area contributed by atoms with Gasteiger partial charge in [0.1, 0.15) is 23.2 Å². The van der Waals surface area contributed by atoms with E-state index < -0.39 is 0 Å². The number of ether oxygens (including phenoxy) is 1. The summed E-state index contributed by atoms with van der Waals surface area (Å²) >= 11 is 0. The Morgan fingerprint density at radius 3 is 2.42 bits per heavy atom. The molecule has 1 aromatic heterocycles. The molecule has 2 aromatic rings. The third-order valence-corrected chi connectivity index (χ3v) is 4.55. The van der Waals surface area contributed by atoms with E-state index in [0.717, 1.165) is 41.9 Å². The summed E-state index contributed by atoms with van der Waals surface area (Å²) in [5.74, 6) is 1.97. The van der Waals surface area contributed by atoms with Crippen LogP contribution in [-0.4, -0.2) is 18.7 Å². The average molecular weight is 329 g/mol. The molecule has 1 saturated carbocycles. The summed E-state index contributed by atoms with van der Waals surface area (Å²) < 4.78 is 12.1. The summed E-state index contributed by atoms with van der Waals surface area (Å²) in [7, 11) is 0. The molecule has 1 heterocycles. The summed E-state index contributed by atoms with van der Waals surface area (Å²) in [6, 6.07) is 8.88. The molecule has 0 spiro atoms. The fourth-order valence-corrected chi connectivity index (χ4v) is 2.94. The minimum Gasteiger partial charge on any atom is -0.490 e. The van der Waals surface area contributed by atoms with Gasteiger partial charge in [-0.3, -0.25) is 0 Å². The standard InChI is InChI=1S/C21H31NO2/c1-20(2,3)13-22-15-11-17(12-15)23-16-7-8-18-14(9-16)10-19(24-18)21(4,5)6/h7-10,15,17,22H,11-13H2,1-6H3. The van der Waals surface area contributed by atoms with E-state index in [0.29, 0.717) is 17.6 Å². The van der Waals surface area contributed by atoms with Gasteiger partial charge in [0.2, 0.25) is 0 Å². The number of fused-ring (bicyclic) bond motifs is 1. The summed E-state index contributed by atoms with van der Waals surface area (Å²) in [6.07, 6.45) is 2.51. The van der Waals surface area contributed by atoms with Gasteiger partial charge in [0.15, 0.2) is 0 Å². The Balaban J connectivity index is 1.57. The van der Waals surface area contributed by atoms with Gasteiger partial charge in [0.25, 0.3) is 0 Å². The molecular weight excluding hydrogens is 298 g/mol. The van der Waals surface area contributed by atoms with Crippen molar-refractivity contribution in [2.45, 2.75) is 71.9 Å². The van der Waals surface area contributed by atoms with E-state index >= 15 is 0 Å². The van der Waals surface area contributed by atoms with Crippen molar-refractivity contribution in [3.8, 4) is 5.75 Å². The monoisotopic (exact) mass is 329 g/mol. The lowest BCUT2D eigenvalue weighted by molar-refractivity contribution is 0.0808. The summed E-state index contributed by atoms with van der Waals surface area (Å²) in [4.78, 5) is 0. The Hall–Kier alpha value is -1.48. The maximum Gasteiger partial charge on any atom is 0.134 e. The molecule has 3 nitrogen and oxygen atoms in total. The quantitative estimate of drug-likeness (QED) is 0.829. The molecule has 0 unspecified atom stereocenters. The van der Waals surface area contributed by atoms with E-state index in [1.54, 1.807) is 0 Å². The van der Waals surface area contributed by atoms with Gasteiger partial charge in [-0.15, -0.1) is 0 Å². The van der Waals surface area contributed by atoms with Gasteiger partial charge in [-0.2, -0.15) is 0 Å². The lowest BCUT2D eigenvalue weighted by Gasteiger charge is -2.37. The molecule has 0 atom stereocenters. The van der Waals surface area contributed by atoms with Gasteiger partial charge >= 0.3 is 0 Å². The molecule has 0 saturated heterocycles. The molecule has 0 amide bonds. The topological polar surface area (TPSA) is 34.4 Å². The maximum atomic E-state index is 6.13. The maximum absolute atomic E-state index is 6.13. The average Bonchev–Trinajstić information content (AvgIpc) is 2.83. The first-order chi connectivity index (χ1) is 11.1. The zero-order chi connectivity index (χ0) is 17.5. The van der Waals surface area contributed by atoms with Gasteiger partial charge in [-0.05, 0) is 42.5 Å². The number of benzene rings is 1. The van der Waals surface area contributed by atoms with E-state index in [1.165, 1.54) is 0 Å². The normalized spacial score (nSPS) is 21.8. The van der Waals surface area contributed by atoms with Gasteiger partial charge in [-0.1, -0.05) is 41.5 Å². The van der Waals surface area contributed by atoms with Crippen LogP contribution in [0.25, 0.3) is 11.0 Å². The lowest BCUT2D eigenvalue weighted by atomic mass is 9.87. The Morgan fingerprint density at radius 2 is 1.79 bits per heavy atom. The van der Waals surface area contributed by atoms with E-state index in [-0.39, 0.29) is 5.41 Å². The Bertz CT molecular complexity index is 697. The third kappa shape index (κ3) is 4.13. The van der Waals surface area contributed by atoms with Crippen molar-refractivity contribution in [1.29, 1.82) is 0 Å². The van der Waals surface area contributed by atoms with Crippen LogP contribution in [0.5, 0.6) is 5.75 Å². The van der Waals surface area contributed by atoms with Crippen molar-refractivity contribution in [3.63, 3.8) is 0 Å². The van der Waals surface area contributed by atoms with Crippen LogP contribution in [0, 0.1) is 5.41 Å². The fourth-order valence-electron chi connectivity index (χ4n) is 2.94. The molecule has 3 heteroatoms. The zero-order valence-corrected chi connectivity index (χ0v) is 15.9. The first-order valence-electron chi connectivity index (χ1n) is 9.04. The van der Waals surface area contributed by atoms with Crippen LogP contribution >= 0.6 is 0 Å². The Morgan fingerprint density at radius 1 is 1.08 bits per heavy atom. The largest absolute Gasteiger partial charge is 0.490 e. The van der Waals surface area contributed by atoms with Crippen LogP contribution in [0.3, 0.4) is 0 Å². The van der Waals surface area contributed by atoms with E-state index in [9.17, 15) is 0 Å². The van der Waals surface area contributed by atoms with E-state index in [1.807, 2.05) is 12.1 Å². The van der Waals surface area contributed by atoms with Crippen LogP contribution in [0.4, 0.5) is 0 Å². The highest BCUT2D eigenvalue weighted by Gasteiger charge is 2.31. The van der Waals surface area contributed by atoms with E-state index in [4.69, 9.17) is 9.15 Å². The minimum atomic E-state index is 0.0277. The SMILES string of the molecule is CC(C)(C)CNC1CC(Oc2ccc3oc(C(C)(C)C)cc3c2)C1. The highest BCUT2D eigenvalue weighted by atomic mass is 16.5. The minimum absolute atomic E-state index is 0.0277. The summed E-state index contributed by atoms with van der Waals surface area (Å²) in [5.41, 5.74) is 1.30. The molecule has 1 aliphatic rings. The van der Waals surface area contributed by atoms with Crippen LogP contribution < -0.4 is 10.1 Å². The molecule has 132 valence electrons. The molecule has 1 fully saturated rings. The highest BCUT2D eigenvalue weighted by molar-refractivity contribution is 5.79. The number of furan rings is 1. The molecule has 1 N–H and O–H groups in total. The van der Waals surface area contributed by atoms with Gasteiger partial charge in [0, 0.05) is 23.4 Å². The number of rotatable bonds is 4. The molecule has 3 rings (SSSR count). The van der Waals surface area contributed by atoms with Crippen molar-refractivity contribution >= 4 is 11.0 Å².